The van der Waals surface area contributed by atoms with Crippen LogP contribution >= 0.6 is 0 Å². The number of carbonyl (C=O) groups excluding carboxylic acids is 1. The summed E-state index contributed by atoms with van der Waals surface area (Å²) in [6.45, 7) is 0.161. The monoisotopic (exact) mass is 362 g/mol. The minimum absolute atomic E-state index is 0.0812. The van der Waals surface area contributed by atoms with Gasteiger partial charge in [0.1, 0.15) is 6.61 Å². The Bertz CT molecular complexity index is 1120. The lowest BCUT2D eigenvalue weighted by atomic mass is 10.1. The minimum atomic E-state index is -0.257. The van der Waals surface area contributed by atoms with Crippen LogP contribution in [-0.4, -0.2) is 29.4 Å². The molecule has 0 amide bonds. The van der Waals surface area contributed by atoms with E-state index in [0.717, 1.165) is 12.0 Å². The van der Waals surface area contributed by atoms with Gasteiger partial charge in [-0.05, 0) is 42.2 Å². The number of hydrogen-bond donors (Lipinski definition) is 1. The molecule has 4 rings (SSSR count). The number of benzene rings is 2. The summed E-state index contributed by atoms with van der Waals surface area (Å²) >= 11 is 0. The van der Waals surface area contributed by atoms with Crippen LogP contribution in [-0.2, 0) is 0 Å². The van der Waals surface area contributed by atoms with E-state index >= 15 is 0 Å². The number of aromatic nitrogens is 2. The molecule has 1 N–H and O–H groups in total. The summed E-state index contributed by atoms with van der Waals surface area (Å²) in [4.78, 5) is 24.9. The van der Waals surface area contributed by atoms with Crippen molar-refractivity contribution in [2.45, 2.75) is 12.3 Å². The Balaban J connectivity index is 1.58. The van der Waals surface area contributed by atoms with Crippen LogP contribution in [0.2, 0.25) is 0 Å². The van der Waals surface area contributed by atoms with Crippen LogP contribution in [0.25, 0.3) is 10.9 Å². The van der Waals surface area contributed by atoms with Crippen molar-refractivity contribution in [1.29, 1.82) is 0 Å². The molecule has 2 atom stereocenters. The number of methoxy groups -OCH3 is 1. The maximum absolute atomic E-state index is 12.9. The van der Waals surface area contributed by atoms with E-state index in [4.69, 9.17) is 15.9 Å². The van der Waals surface area contributed by atoms with Gasteiger partial charge < -0.3 is 9.47 Å². The Morgan fingerprint density at radius 3 is 2.89 bits per heavy atom. The topological polar surface area (TPSA) is 73.3 Å². The number of aromatic amines is 1. The van der Waals surface area contributed by atoms with Crippen molar-refractivity contribution in [1.82, 2.24) is 9.78 Å². The second-order valence-electron chi connectivity index (χ2n) is 6.48. The van der Waals surface area contributed by atoms with Gasteiger partial charge in [0.2, 0.25) is 5.91 Å². The average molecular weight is 362 g/mol. The quantitative estimate of drug-likeness (QED) is 0.709. The van der Waals surface area contributed by atoms with Crippen LogP contribution in [0.4, 0.5) is 0 Å². The van der Waals surface area contributed by atoms with Crippen molar-refractivity contribution < 1.29 is 14.3 Å². The van der Waals surface area contributed by atoms with Crippen LogP contribution in [0.3, 0.4) is 0 Å². The summed E-state index contributed by atoms with van der Waals surface area (Å²) in [5.74, 6) is 3.37. The summed E-state index contributed by atoms with van der Waals surface area (Å²) in [6, 6.07) is 12.7. The molecule has 1 fully saturated rings. The van der Waals surface area contributed by atoms with E-state index < -0.39 is 0 Å². The molecular formula is C21H18N2O4. The summed E-state index contributed by atoms with van der Waals surface area (Å²) < 4.78 is 12.2. The number of nitrogens with one attached hydrogen (secondary N) is 1. The Labute approximate surface area is 155 Å². The highest BCUT2D eigenvalue weighted by atomic mass is 16.5. The lowest BCUT2D eigenvalue weighted by Gasteiger charge is -2.10. The molecule has 6 nitrogen and oxygen atoms in total. The molecule has 1 heterocycles. The SMILES string of the molecule is C#CCOc1ccc(C2CC2C(=O)n2[nH]c(=O)c3ccccc32)cc1OC. The fourth-order valence-corrected chi connectivity index (χ4v) is 3.41. The molecule has 2 aromatic carbocycles. The maximum atomic E-state index is 12.9. The Kier molecular flexibility index (Phi) is 4.21. The Morgan fingerprint density at radius 2 is 2.11 bits per heavy atom. The Hall–Kier alpha value is -3.46. The van der Waals surface area contributed by atoms with Gasteiger partial charge in [0, 0.05) is 5.92 Å². The first kappa shape index (κ1) is 17.0. The number of para-hydroxylation sites is 1. The highest BCUT2D eigenvalue weighted by Gasteiger charge is 2.45. The third-order valence-electron chi connectivity index (χ3n) is 4.86. The highest BCUT2D eigenvalue weighted by molar-refractivity contribution is 5.93. The number of terminal acetylenes is 1. The average Bonchev–Trinajstić information content (AvgIpc) is 3.43. The van der Waals surface area contributed by atoms with Gasteiger partial charge in [-0.25, -0.2) is 4.68 Å². The molecular weight excluding hydrogens is 344 g/mol. The molecule has 1 aliphatic rings. The number of nitrogens with zero attached hydrogens (tertiary/aromatic N) is 1. The summed E-state index contributed by atoms with van der Waals surface area (Å²) in [5, 5.41) is 3.16. The number of hydrogen-bond acceptors (Lipinski definition) is 4. The lowest BCUT2D eigenvalue weighted by Crippen LogP contribution is -2.17. The fourth-order valence-electron chi connectivity index (χ4n) is 3.41. The molecule has 0 saturated heterocycles. The molecule has 0 aliphatic heterocycles. The first-order valence-corrected chi connectivity index (χ1v) is 8.62. The second kappa shape index (κ2) is 6.69. The smallest absolute Gasteiger partial charge is 0.272 e. The van der Waals surface area contributed by atoms with Gasteiger partial charge >= 0.3 is 0 Å². The largest absolute Gasteiger partial charge is 0.493 e. The zero-order chi connectivity index (χ0) is 19.0. The molecule has 0 bridgehead atoms. The number of ether oxygens (including phenoxy) is 2. The number of carbonyl (C=O) groups is 1. The van der Waals surface area contributed by atoms with Crippen molar-refractivity contribution in [3.05, 3.63) is 58.4 Å². The van der Waals surface area contributed by atoms with E-state index in [0.29, 0.717) is 22.4 Å². The molecule has 0 spiro atoms. The normalized spacial score (nSPS) is 18.1. The van der Waals surface area contributed by atoms with Gasteiger partial charge in [-0.2, -0.15) is 0 Å². The molecule has 27 heavy (non-hydrogen) atoms. The van der Waals surface area contributed by atoms with Gasteiger partial charge in [-0.15, -0.1) is 6.42 Å². The fraction of sp³-hybridized carbons (Fsp3) is 0.238. The number of rotatable bonds is 5. The zero-order valence-corrected chi connectivity index (χ0v) is 14.8. The highest BCUT2D eigenvalue weighted by Crippen LogP contribution is 2.49. The third-order valence-corrected chi connectivity index (χ3v) is 4.86. The van der Waals surface area contributed by atoms with E-state index in [2.05, 4.69) is 11.0 Å². The van der Waals surface area contributed by atoms with Crippen molar-refractivity contribution in [2.24, 2.45) is 5.92 Å². The van der Waals surface area contributed by atoms with E-state index in [1.807, 2.05) is 18.2 Å². The molecule has 1 aromatic heterocycles. The van der Waals surface area contributed by atoms with Crippen LogP contribution < -0.4 is 15.0 Å². The van der Waals surface area contributed by atoms with Crippen LogP contribution in [0.15, 0.2) is 47.3 Å². The van der Waals surface area contributed by atoms with Gasteiger partial charge in [0.05, 0.1) is 18.0 Å². The molecule has 0 radical (unpaired) electrons. The van der Waals surface area contributed by atoms with Crippen molar-refractivity contribution >= 4 is 16.8 Å². The van der Waals surface area contributed by atoms with E-state index in [1.165, 1.54) is 4.68 Å². The summed E-state index contributed by atoms with van der Waals surface area (Å²) in [6.07, 6.45) is 5.95. The predicted molar refractivity (Wildman–Crippen MR) is 101 cm³/mol. The lowest BCUT2D eigenvalue weighted by molar-refractivity contribution is 0.0872. The van der Waals surface area contributed by atoms with Gasteiger partial charge in [0.15, 0.2) is 11.5 Å². The second-order valence-corrected chi connectivity index (χ2v) is 6.48. The molecule has 2 unspecified atom stereocenters. The minimum Gasteiger partial charge on any atom is -0.493 e. The molecule has 136 valence electrons. The van der Waals surface area contributed by atoms with E-state index in [-0.39, 0.29) is 29.9 Å². The third kappa shape index (κ3) is 2.97. The zero-order valence-electron chi connectivity index (χ0n) is 14.8. The van der Waals surface area contributed by atoms with Crippen molar-refractivity contribution in [2.75, 3.05) is 13.7 Å². The standard InChI is InChI=1S/C21H18N2O4/c1-3-10-27-18-9-8-13(11-19(18)26-2)15-12-16(15)21(25)23-17-7-5-4-6-14(17)20(24)22-23/h1,4-9,11,15-16H,10,12H2,2H3,(H,22,24). The summed E-state index contributed by atoms with van der Waals surface area (Å²) in [5.41, 5.74) is 1.35. The maximum Gasteiger partial charge on any atom is 0.272 e. The molecule has 3 aromatic rings. The van der Waals surface area contributed by atoms with E-state index in [9.17, 15) is 9.59 Å². The molecule has 1 saturated carbocycles. The van der Waals surface area contributed by atoms with Gasteiger partial charge in [-0.1, -0.05) is 24.1 Å². The Morgan fingerprint density at radius 1 is 1.30 bits per heavy atom. The van der Waals surface area contributed by atoms with Crippen LogP contribution in [0, 0.1) is 18.3 Å². The van der Waals surface area contributed by atoms with Crippen molar-refractivity contribution in [3.63, 3.8) is 0 Å². The summed E-state index contributed by atoms with van der Waals surface area (Å²) in [7, 11) is 1.56. The number of H-pyrrole nitrogens is 1. The van der Waals surface area contributed by atoms with Crippen LogP contribution in [0.5, 0.6) is 11.5 Å². The molecule has 6 heteroatoms. The predicted octanol–water partition coefficient (Wildman–Crippen LogP) is 2.79. The number of fused-ring (bicyclic) bond motifs is 1. The van der Waals surface area contributed by atoms with E-state index in [1.54, 1.807) is 31.4 Å². The van der Waals surface area contributed by atoms with Gasteiger partial charge in [0.25, 0.3) is 5.56 Å². The van der Waals surface area contributed by atoms with Crippen LogP contribution in [0.1, 0.15) is 22.7 Å². The first-order chi connectivity index (χ1) is 13.1. The van der Waals surface area contributed by atoms with Crippen molar-refractivity contribution in [3.8, 4) is 23.8 Å². The first-order valence-electron chi connectivity index (χ1n) is 8.62. The van der Waals surface area contributed by atoms with Gasteiger partial charge in [-0.3, -0.25) is 14.7 Å². The molecule has 1 aliphatic carbocycles.